The third-order valence-corrected chi connectivity index (χ3v) is 3.99. The van der Waals surface area contributed by atoms with Gasteiger partial charge in [0.2, 0.25) is 5.76 Å². The summed E-state index contributed by atoms with van der Waals surface area (Å²) in [6.07, 6.45) is 2.04. The summed E-state index contributed by atoms with van der Waals surface area (Å²) in [5.74, 6) is -1.06. The zero-order valence-corrected chi connectivity index (χ0v) is 11.1. The van der Waals surface area contributed by atoms with Crippen molar-refractivity contribution in [2.75, 3.05) is 13.2 Å². The fraction of sp³-hybridized carbons (Fsp3) is 0.400. The number of carboxylic acid groups (broad SMARTS) is 1. The molecule has 5 nitrogen and oxygen atoms in total. The van der Waals surface area contributed by atoms with Crippen LogP contribution in [0.1, 0.15) is 29.0 Å². The van der Waals surface area contributed by atoms with E-state index in [0.29, 0.717) is 24.2 Å². The van der Waals surface area contributed by atoms with Gasteiger partial charge in [-0.05, 0) is 18.9 Å². The molecule has 2 aromatic rings. The molecular weight excluding hydrogens is 258 g/mol. The van der Waals surface area contributed by atoms with Crippen LogP contribution in [0.15, 0.2) is 28.7 Å². The molecule has 1 aromatic carbocycles. The fourth-order valence-electron chi connectivity index (χ4n) is 2.47. The second-order valence-electron chi connectivity index (χ2n) is 5.47. The van der Waals surface area contributed by atoms with Crippen LogP contribution in [0.4, 0.5) is 0 Å². The zero-order valence-electron chi connectivity index (χ0n) is 11.1. The number of aliphatic hydroxyl groups is 1. The van der Waals surface area contributed by atoms with Crippen molar-refractivity contribution in [3.05, 3.63) is 35.6 Å². The standard InChI is InChI=1S/C15H17NO4/c17-9-15(5-6-15)8-16-7-11-10-3-1-2-4-12(10)20-13(11)14(18)19/h1-4,16-17H,5-9H2,(H,18,19). The van der Waals surface area contributed by atoms with Crippen molar-refractivity contribution >= 4 is 16.9 Å². The highest BCUT2D eigenvalue weighted by atomic mass is 16.4. The lowest BCUT2D eigenvalue weighted by Crippen LogP contribution is -2.26. The molecule has 3 rings (SSSR count). The summed E-state index contributed by atoms with van der Waals surface area (Å²) in [5.41, 5.74) is 1.26. The summed E-state index contributed by atoms with van der Waals surface area (Å²) >= 11 is 0. The number of nitrogens with one attached hydrogen (secondary N) is 1. The van der Waals surface area contributed by atoms with E-state index in [0.717, 1.165) is 18.2 Å². The van der Waals surface area contributed by atoms with Gasteiger partial charge in [0.25, 0.3) is 0 Å². The molecule has 1 heterocycles. The fourth-order valence-corrected chi connectivity index (χ4v) is 2.47. The molecule has 0 atom stereocenters. The molecular formula is C15H17NO4. The highest BCUT2D eigenvalue weighted by Crippen LogP contribution is 2.44. The average molecular weight is 275 g/mol. The third-order valence-electron chi connectivity index (χ3n) is 3.99. The summed E-state index contributed by atoms with van der Waals surface area (Å²) in [7, 11) is 0. The maximum absolute atomic E-state index is 11.3. The van der Waals surface area contributed by atoms with Crippen molar-refractivity contribution in [1.29, 1.82) is 0 Å². The molecule has 0 bridgehead atoms. The molecule has 1 aromatic heterocycles. The van der Waals surface area contributed by atoms with Crippen LogP contribution in [-0.2, 0) is 6.54 Å². The van der Waals surface area contributed by atoms with Crippen LogP contribution in [0.3, 0.4) is 0 Å². The van der Waals surface area contributed by atoms with E-state index in [1.165, 1.54) is 0 Å². The van der Waals surface area contributed by atoms with E-state index in [1.54, 1.807) is 6.07 Å². The predicted octanol–water partition coefficient (Wildman–Crippen LogP) is 1.99. The minimum absolute atomic E-state index is 0.00290. The number of aliphatic hydroxyl groups excluding tert-OH is 1. The number of para-hydroxylation sites is 1. The van der Waals surface area contributed by atoms with Gasteiger partial charge in [0, 0.05) is 36.1 Å². The first-order chi connectivity index (χ1) is 9.65. The first-order valence-electron chi connectivity index (χ1n) is 6.70. The largest absolute Gasteiger partial charge is 0.475 e. The van der Waals surface area contributed by atoms with Crippen LogP contribution in [0.5, 0.6) is 0 Å². The van der Waals surface area contributed by atoms with Gasteiger partial charge in [0.05, 0.1) is 0 Å². The Morgan fingerprint density at radius 3 is 2.75 bits per heavy atom. The van der Waals surface area contributed by atoms with Crippen molar-refractivity contribution in [2.24, 2.45) is 5.41 Å². The molecule has 0 radical (unpaired) electrons. The number of carboxylic acids is 1. The topological polar surface area (TPSA) is 82.7 Å². The van der Waals surface area contributed by atoms with E-state index in [1.807, 2.05) is 18.2 Å². The monoisotopic (exact) mass is 275 g/mol. The van der Waals surface area contributed by atoms with Crippen LogP contribution in [0.2, 0.25) is 0 Å². The summed E-state index contributed by atoms with van der Waals surface area (Å²) in [6, 6.07) is 7.31. The van der Waals surface area contributed by atoms with Gasteiger partial charge in [-0.25, -0.2) is 4.79 Å². The Balaban J connectivity index is 1.82. The van der Waals surface area contributed by atoms with Crippen LogP contribution in [-0.4, -0.2) is 29.3 Å². The molecule has 106 valence electrons. The number of aromatic carboxylic acids is 1. The lowest BCUT2D eigenvalue weighted by atomic mass is 10.1. The van der Waals surface area contributed by atoms with Crippen molar-refractivity contribution in [3.8, 4) is 0 Å². The first kappa shape index (κ1) is 13.1. The highest BCUT2D eigenvalue weighted by Gasteiger charge is 2.41. The molecule has 0 saturated heterocycles. The Labute approximate surface area is 116 Å². The Hall–Kier alpha value is -1.85. The van der Waals surface area contributed by atoms with E-state index < -0.39 is 5.97 Å². The van der Waals surface area contributed by atoms with Gasteiger partial charge < -0.3 is 19.9 Å². The number of rotatable bonds is 6. The molecule has 0 spiro atoms. The maximum Gasteiger partial charge on any atom is 0.372 e. The lowest BCUT2D eigenvalue weighted by molar-refractivity contribution is 0.0663. The zero-order chi connectivity index (χ0) is 14.2. The van der Waals surface area contributed by atoms with Crippen molar-refractivity contribution < 1.29 is 19.4 Å². The molecule has 1 fully saturated rings. The van der Waals surface area contributed by atoms with E-state index in [-0.39, 0.29) is 17.8 Å². The summed E-state index contributed by atoms with van der Waals surface area (Å²) in [6.45, 7) is 1.31. The SMILES string of the molecule is O=C(O)c1oc2ccccc2c1CNCC1(CO)CC1. The number of furan rings is 1. The molecule has 1 saturated carbocycles. The van der Waals surface area contributed by atoms with Gasteiger partial charge in [0.1, 0.15) is 5.58 Å². The van der Waals surface area contributed by atoms with E-state index in [4.69, 9.17) is 4.42 Å². The Morgan fingerprint density at radius 1 is 1.35 bits per heavy atom. The molecule has 1 aliphatic carbocycles. The third kappa shape index (κ3) is 2.30. The predicted molar refractivity (Wildman–Crippen MR) is 73.6 cm³/mol. The Kier molecular flexibility index (Phi) is 3.23. The van der Waals surface area contributed by atoms with Gasteiger partial charge in [-0.2, -0.15) is 0 Å². The maximum atomic E-state index is 11.3. The Morgan fingerprint density at radius 2 is 2.10 bits per heavy atom. The van der Waals surface area contributed by atoms with E-state index in [2.05, 4.69) is 5.32 Å². The van der Waals surface area contributed by atoms with Crippen molar-refractivity contribution in [2.45, 2.75) is 19.4 Å². The molecule has 0 unspecified atom stereocenters. The van der Waals surface area contributed by atoms with Gasteiger partial charge in [-0.15, -0.1) is 0 Å². The first-order valence-corrected chi connectivity index (χ1v) is 6.70. The number of hydrogen-bond donors (Lipinski definition) is 3. The molecule has 0 aliphatic heterocycles. The minimum atomic E-state index is -1.05. The van der Waals surface area contributed by atoms with Gasteiger partial charge in [0.15, 0.2) is 0 Å². The quantitative estimate of drug-likeness (QED) is 0.751. The van der Waals surface area contributed by atoms with Crippen LogP contribution < -0.4 is 5.32 Å². The number of carbonyl (C=O) groups is 1. The average Bonchev–Trinajstić information content (AvgIpc) is 3.13. The smallest absolute Gasteiger partial charge is 0.372 e. The second kappa shape index (κ2) is 4.92. The van der Waals surface area contributed by atoms with Gasteiger partial charge >= 0.3 is 5.97 Å². The van der Waals surface area contributed by atoms with Crippen molar-refractivity contribution in [3.63, 3.8) is 0 Å². The van der Waals surface area contributed by atoms with Crippen LogP contribution in [0, 0.1) is 5.41 Å². The van der Waals surface area contributed by atoms with Gasteiger partial charge in [-0.1, -0.05) is 18.2 Å². The number of hydrogen-bond acceptors (Lipinski definition) is 4. The summed E-state index contributed by atoms with van der Waals surface area (Å²) < 4.78 is 5.40. The van der Waals surface area contributed by atoms with Gasteiger partial charge in [-0.3, -0.25) is 0 Å². The molecule has 1 aliphatic rings. The number of fused-ring (bicyclic) bond motifs is 1. The molecule has 20 heavy (non-hydrogen) atoms. The van der Waals surface area contributed by atoms with Crippen LogP contribution in [0.25, 0.3) is 11.0 Å². The Bertz CT molecular complexity index is 642. The highest BCUT2D eigenvalue weighted by molar-refractivity contribution is 5.95. The second-order valence-corrected chi connectivity index (χ2v) is 5.47. The van der Waals surface area contributed by atoms with E-state index in [9.17, 15) is 15.0 Å². The summed E-state index contributed by atoms with van der Waals surface area (Å²) in [5, 5.41) is 22.6. The van der Waals surface area contributed by atoms with Crippen LogP contribution >= 0.6 is 0 Å². The normalized spacial score (nSPS) is 16.4. The van der Waals surface area contributed by atoms with Crippen molar-refractivity contribution in [1.82, 2.24) is 5.32 Å². The molecule has 0 amide bonds. The van der Waals surface area contributed by atoms with E-state index >= 15 is 0 Å². The molecule has 5 heteroatoms. The molecule has 3 N–H and O–H groups in total. The summed E-state index contributed by atoms with van der Waals surface area (Å²) in [4.78, 5) is 11.3. The number of benzene rings is 1. The minimum Gasteiger partial charge on any atom is -0.475 e. The lowest BCUT2D eigenvalue weighted by Gasteiger charge is -2.12.